The normalized spacial score (nSPS) is 20.6. The second-order valence-electron chi connectivity index (χ2n) is 9.00. The molecule has 1 aromatic rings. The lowest BCUT2D eigenvalue weighted by Crippen LogP contribution is -2.71. The van der Waals surface area contributed by atoms with Gasteiger partial charge in [0.15, 0.2) is 0 Å². The number of rotatable bonds is 9. The van der Waals surface area contributed by atoms with Gasteiger partial charge in [0.2, 0.25) is 5.91 Å². The minimum absolute atomic E-state index is 0.0705. The number of ether oxygens (including phenoxy) is 3. The molecular formula is C23H34N2O6. The summed E-state index contributed by atoms with van der Waals surface area (Å²) in [5, 5.41) is 2.70. The van der Waals surface area contributed by atoms with Crippen LogP contribution in [-0.4, -0.2) is 61.8 Å². The fourth-order valence-electron chi connectivity index (χ4n) is 3.82. The summed E-state index contributed by atoms with van der Waals surface area (Å²) < 4.78 is 15.3. The van der Waals surface area contributed by atoms with E-state index in [-0.39, 0.29) is 5.91 Å². The monoisotopic (exact) mass is 434 g/mol. The van der Waals surface area contributed by atoms with E-state index in [2.05, 4.69) is 5.32 Å². The summed E-state index contributed by atoms with van der Waals surface area (Å²) in [6.07, 6.45) is 1.28. The Hall–Kier alpha value is -2.77. The number of nitrogens with one attached hydrogen (secondary N) is 1. The van der Waals surface area contributed by atoms with Gasteiger partial charge in [0.1, 0.15) is 17.4 Å². The quantitative estimate of drug-likeness (QED) is 0.365. The van der Waals surface area contributed by atoms with E-state index in [9.17, 15) is 14.4 Å². The molecule has 0 radical (unpaired) electrons. The lowest BCUT2D eigenvalue weighted by atomic mass is 9.68. The Morgan fingerprint density at radius 1 is 1.13 bits per heavy atom. The van der Waals surface area contributed by atoms with Crippen LogP contribution < -0.4 is 10.1 Å². The van der Waals surface area contributed by atoms with Crippen LogP contribution in [0.2, 0.25) is 0 Å². The average Bonchev–Trinajstić information content (AvgIpc) is 2.71. The highest BCUT2D eigenvalue weighted by Crippen LogP contribution is 2.43. The van der Waals surface area contributed by atoms with E-state index in [0.717, 1.165) is 11.3 Å². The Balaban J connectivity index is 1.91. The van der Waals surface area contributed by atoms with Gasteiger partial charge in [-0.1, -0.05) is 12.1 Å². The second kappa shape index (κ2) is 10.0. The Morgan fingerprint density at radius 3 is 2.32 bits per heavy atom. The Bertz CT molecular complexity index is 786. The van der Waals surface area contributed by atoms with E-state index in [1.165, 1.54) is 7.11 Å². The van der Waals surface area contributed by atoms with Crippen molar-refractivity contribution >= 4 is 18.0 Å². The van der Waals surface area contributed by atoms with Gasteiger partial charge < -0.3 is 24.4 Å². The van der Waals surface area contributed by atoms with Crippen molar-refractivity contribution in [1.82, 2.24) is 10.2 Å². The highest BCUT2D eigenvalue weighted by atomic mass is 16.6. The summed E-state index contributed by atoms with van der Waals surface area (Å²) in [6.45, 7) is 8.07. The largest absolute Gasteiger partial charge is 0.497 e. The zero-order valence-corrected chi connectivity index (χ0v) is 19.3. The van der Waals surface area contributed by atoms with Gasteiger partial charge in [-0.3, -0.25) is 4.79 Å². The van der Waals surface area contributed by atoms with Crippen LogP contribution >= 0.6 is 0 Å². The number of β-lactam (4-membered cyclic amide) rings is 1. The molecule has 1 N–H and O–H groups in total. The Labute approximate surface area is 184 Å². The molecule has 0 bridgehead atoms. The first kappa shape index (κ1) is 24.5. The molecule has 1 aliphatic heterocycles. The van der Waals surface area contributed by atoms with Crippen LogP contribution in [0.15, 0.2) is 24.3 Å². The molecule has 8 nitrogen and oxygen atoms in total. The molecule has 172 valence electrons. The lowest BCUT2D eigenvalue weighted by Gasteiger charge is -2.53. The van der Waals surface area contributed by atoms with Crippen molar-refractivity contribution in [3.63, 3.8) is 0 Å². The molecule has 0 aliphatic carbocycles. The number of carbonyl (C=O) groups is 3. The first-order valence-corrected chi connectivity index (χ1v) is 10.5. The van der Waals surface area contributed by atoms with E-state index in [1.54, 1.807) is 32.8 Å². The molecule has 1 heterocycles. The molecule has 0 spiro atoms. The SMILES string of the molecule is COC(=O)[C@H]1N(CCCCNC(=O)OC(C)(C)C)C(=O)[C@@]1(C)Cc1ccc(OC)cc1. The molecule has 1 aliphatic rings. The number of esters is 1. The summed E-state index contributed by atoms with van der Waals surface area (Å²) in [5.41, 5.74) is -0.445. The first-order chi connectivity index (χ1) is 14.5. The highest BCUT2D eigenvalue weighted by Gasteiger charge is 2.60. The first-order valence-electron chi connectivity index (χ1n) is 10.5. The summed E-state index contributed by atoms with van der Waals surface area (Å²) in [5.74, 6) is 0.251. The van der Waals surface area contributed by atoms with Crippen LogP contribution in [0.4, 0.5) is 4.79 Å². The van der Waals surface area contributed by atoms with Crippen LogP contribution in [0.3, 0.4) is 0 Å². The van der Waals surface area contributed by atoms with Gasteiger partial charge in [-0.05, 0) is 64.7 Å². The third-order valence-electron chi connectivity index (χ3n) is 5.31. The number of unbranched alkanes of at least 4 members (excludes halogenated alkanes) is 1. The summed E-state index contributed by atoms with van der Waals surface area (Å²) in [4.78, 5) is 38.7. The maximum Gasteiger partial charge on any atom is 0.407 e. The number of hydrogen-bond acceptors (Lipinski definition) is 6. The van der Waals surface area contributed by atoms with Gasteiger partial charge in [0.05, 0.1) is 19.6 Å². The molecule has 0 saturated carbocycles. The van der Waals surface area contributed by atoms with E-state index in [0.29, 0.717) is 32.4 Å². The van der Waals surface area contributed by atoms with E-state index in [1.807, 2.05) is 31.2 Å². The minimum Gasteiger partial charge on any atom is -0.497 e. The van der Waals surface area contributed by atoms with Crippen LogP contribution in [0, 0.1) is 5.41 Å². The number of carbonyl (C=O) groups excluding carboxylic acids is 3. The molecule has 2 rings (SSSR count). The van der Waals surface area contributed by atoms with Crippen molar-refractivity contribution in [3.8, 4) is 5.75 Å². The van der Waals surface area contributed by atoms with Crippen LogP contribution in [0.5, 0.6) is 5.75 Å². The summed E-state index contributed by atoms with van der Waals surface area (Å²) in [6, 6.07) is 6.84. The van der Waals surface area contributed by atoms with Gasteiger partial charge in [-0.25, -0.2) is 9.59 Å². The van der Waals surface area contributed by atoms with Crippen molar-refractivity contribution < 1.29 is 28.6 Å². The molecule has 31 heavy (non-hydrogen) atoms. The number of hydrogen-bond donors (Lipinski definition) is 1. The maximum atomic E-state index is 13.0. The summed E-state index contributed by atoms with van der Waals surface area (Å²) in [7, 11) is 2.93. The van der Waals surface area contributed by atoms with Crippen molar-refractivity contribution in [2.24, 2.45) is 5.41 Å². The predicted molar refractivity (Wildman–Crippen MR) is 116 cm³/mol. The third-order valence-corrected chi connectivity index (χ3v) is 5.31. The number of methoxy groups -OCH3 is 2. The smallest absolute Gasteiger partial charge is 0.407 e. The summed E-state index contributed by atoms with van der Waals surface area (Å²) >= 11 is 0. The fourth-order valence-corrected chi connectivity index (χ4v) is 3.82. The van der Waals surface area contributed by atoms with Crippen molar-refractivity contribution in [3.05, 3.63) is 29.8 Å². The van der Waals surface area contributed by atoms with Gasteiger partial charge in [0.25, 0.3) is 0 Å². The highest BCUT2D eigenvalue weighted by molar-refractivity contribution is 6.00. The molecule has 1 fully saturated rings. The molecular weight excluding hydrogens is 400 g/mol. The molecule has 2 atom stereocenters. The molecule has 1 aromatic carbocycles. The zero-order valence-electron chi connectivity index (χ0n) is 19.3. The molecule has 2 amide bonds. The van der Waals surface area contributed by atoms with Gasteiger partial charge in [0, 0.05) is 13.1 Å². The van der Waals surface area contributed by atoms with E-state index in [4.69, 9.17) is 14.2 Å². The van der Waals surface area contributed by atoms with E-state index < -0.39 is 29.1 Å². The molecule has 8 heteroatoms. The molecule has 0 unspecified atom stereocenters. The van der Waals surface area contributed by atoms with Crippen LogP contribution in [0.25, 0.3) is 0 Å². The van der Waals surface area contributed by atoms with E-state index >= 15 is 0 Å². The molecule has 0 aromatic heterocycles. The number of likely N-dealkylation sites (tertiary alicyclic amines) is 1. The standard InChI is InChI=1S/C23H34N2O6/c1-22(2,3)31-21(28)24-13-7-8-14-25-18(19(26)30-6)23(4,20(25)27)15-16-9-11-17(29-5)12-10-16/h9-12,18H,7-8,13-15H2,1-6H3,(H,24,28)/t18-,23+/m1/s1. The number of amides is 2. The zero-order chi connectivity index (χ0) is 23.2. The molecule has 1 saturated heterocycles. The van der Waals surface area contributed by atoms with Gasteiger partial charge >= 0.3 is 12.1 Å². The van der Waals surface area contributed by atoms with Gasteiger partial charge in [-0.2, -0.15) is 0 Å². The Morgan fingerprint density at radius 2 is 1.77 bits per heavy atom. The maximum absolute atomic E-state index is 13.0. The average molecular weight is 435 g/mol. The second-order valence-corrected chi connectivity index (χ2v) is 9.00. The van der Waals surface area contributed by atoms with Crippen molar-refractivity contribution in [2.75, 3.05) is 27.3 Å². The number of alkyl carbamates (subject to hydrolysis) is 1. The minimum atomic E-state index is -0.851. The van der Waals surface area contributed by atoms with Gasteiger partial charge in [-0.15, -0.1) is 0 Å². The van der Waals surface area contributed by atoms with Crippen molar-refractivity contribution in [2.45, 2.75) is 58.6 Å². The fraction of sp³-hybridized carbons (Fsp3) is 0.609. The number of nitrogens with zero attached hydrogens (tertiary/aromatic N) is 1. The Kier molecular flexibility index (Phi) is 7.92. The van der Waals surface area contributed by atoms with Crippen LogP contribution in [0.1, 0.15) is 46.1 Å². The number of benzene rings is 1. The van der Waals surface area contributed by atoms with Crippen molar-refractivity contribution in [1.29, 1.82) is 0 Å². The predicted octanol–water partition coefficient (Wildman–Crippen LogP) is 2.93. The topological polar surface area (TPSA) is 94.2 Å². The third kappa shape index (κ3) is 6.12. The lowest BCUT2D eigenvalue weighted by molar-refractivity contribution is -0.184. The van der Waals surface area contributed by atoms with Crippen LogP contribution in [-0.2, 0) is 25.5 Å².